The summed E-state index contributed by atoms with van der Waals surface area (Å²) >= 11 is 1.91. The van der Waals surface area contributed by atoms with Crippen LogP contribution in [0.4, 0.5) is 34.1 Å². The van der Waals surface area contributed by atoms with Crippen LogP contribution in [0.5, 0.6) is 0 Å². The Morgan fingerprint density at radius 1 is 0.486 bits per heavy atom. The first kappa shape index (κ1) is 41.2. The number of aromatic nitrogens is 1. The molecule has 0 saturated carbocycles. The second kappa shape index (κ2) is 14.9. The Morgan fingerprint density at radius 3 is 1.83 bits per heavy atom. The fourth-order valence-corrected chi connectivity index (χ4v) is 12.9. The average Bonchev–Trinajstić information content (AvgIpc) is 4.05. The van der Waals surface area contributed by atoms with Crippen molar-refractivity contribution in [1.29, 1.82) is 0 Å². The van der Waals surface area contributed by atoms with Crippen molar-refractivity contribution in [3.05, 3.63) is 205 Å². The van der Waals surface area contributed by atoms with E-state index in [2.05, 4.69) is 250 Å². The van der Waals surface area contributed by atoms with Gasteiger partial charge in [0, 0.05) is 65.6 Å². The van der Waals surface area contributed by atoms with Gasteiger partial charge in [0.1, 0.15) is 5.58 Å². The monoisotopic (exact) mass is 919 g/mol. The number of thiophene rings is 1. The molecule has 3 aromatic heterocycles. The number of benzene rings is 9. The zero-order valence-corrected chi connectivity index (χ0v) is 41.0. The van der Waals surface area contributed by atoms with E-state index in [1.54, 1.807) is 0 Å². The van der Waals surface area contributed by atoms with Crippen LogP contribution >= 0.6 is 11.3 Å². The summed E-state index contributed by atoms with van der Waals surface area (Å²) in [5, 5.41) is 4.83. The summed E-state index contributed by atoms with van der Waals surface area (Å²) in [6.45, 7) is 13.5. The zero-order chi connectivity index (χ0) is 47.2. The van der Waals surface area contributed by atoms with E-state index in [-0.39, 0.29) is 17.7 Å². The summed E-state index contributed by atoms with van der Waals surface area (Å²) in [5.41, 5.74) is 21.2. The quantitative estimate of drug-likeness (QED) is 0.161. The SMILES string of the molecule is CC(C)(C)c1ccc(N(c2ccc(C(C)(C)C)cc2)c2ccc3c(c2)B2c4c(cc5c(sc6ccccc65)c4N3c3ccccc3-c3ccccc3)-c3cccc4c5oc6ccccc6c5n2c34)cc1. The highest BCUT2D eigenvalue weighted by Crippen LogP contribution is 2.53. The highest BCUT2D eigenvalue weighted by molar-refractivity contribution is 7.26. The van der Waals surface area contributed by atoms with Gasteiger partial charge in [0.15, 0.2) is 5.58 Å². The number of para-hydroxylation sites is 3. The van der Waals surface area contributed by atoms with Crippen LogP contribution < -0.4 is 20.7 Å². The van der Waals surface area contributed by atoms with E-state index >= 15 is 0 Å². The molecule has 2 aliphatic rings. The molecule has 0 bridgehead atoms. The molecule has 0 atom stereocenters. The molecule has 12 aromatic rings. The van der Waals surface area contributed by atoms with Crippen LogP contribution in [0.2, 0.25) is 0 Å². The standard InChI is InChI=1S/C64H50BN3OS/c1-63(2,3)40-27-31-42(32-28-40)66(43-33-29-41(30-34-43)64(4,5)6)44-35-36-54-52(37-44)65-57-50(47-22-16-23-49-58(47)68(65)59-48-21-11-14-25-55(48)69-61(49)59)38-51-46-20-12-15-26-56(46)70-62(51)60(57)67(54)53-24-13-10-19-45(53)39-17-8-7-9-18-39/h7-38H,1-6H3. The summed E-state index contributed by atoms with van der Waals surface area (Å²) in [7, 11) is 0. The molecule has 5 heterocycles. The Labute approximate surface area is 412 Å². The highest BCUT2D eigenvalue weighted by atomic mass is 32.1. The molecule has 0 radical (unpaired) electrons. The molecular weight excluding hydrogens is 870 g/mol. The molecule has 336 valence electrons. The Balaban J connectivity index is 1.13. The average molecular weight is 920 g/mol. The molecule has 0 fully saturated rings. The lowest BCUT2D eigenvalue weighted by molar-refractivity contribution is 0.590. The van der Waals surface area contributed by atoms with Crippen molar-refractivity contribution < 1.29 is 4.42 Å². The molecule has 70 heavy (non-hydrogen) atoms. The van der Waals surface area contributed by atoms with Crippen LogP contribution in [0.25, 0.3) is 75.4 Å². The molecule has 0 unspecified atom stereocenters. The summed E-state index contributed by atoms with van der Waals surface area (Å²) < 4.78 is 12.2. The topological polar surface area (TPSA) is 24.6 Å². The van der Waals surface area contributed by atoms with Gasteiger partial charge in [0.25, 0.3) is 0 Å². The van der Waals surface area contributed by atoms with E-state index in [0.29, 0.717) is 0 Å². The Morgan fingerprint density at radius 2 is 1.10 bits per heavy atom. The lowest BCUT2D eigenvalue weighted by atomic mass is 9.45. The summed E-state index contributed by atoms with van der Waals surface area (Å²) in [6, 6.07) is 72.5. The molecule has 14 rings (SSSR count). The van der Waals surface area contributed by atoms with Crippen molar-refractivity contribution in [2.45, 2.75) is 52.4 Å². The summed E-state index contributed by atoms with van der Waals surface area (Å²) in [5.74, 6) is 0. The number of fused-ring (bicyclic) bond motifs is 13. The van der Waals surface area contributed by atoms with Gasteiger partial charge >= 0.3 is 6.85 Å². The van der Waals surface area contributed by atoms with Crippen molar-refractivity contribution >= 4 is 116 Å². The van der Waals surface area contributed by atoms with E-state index < -0.39 is 0 Å². The first-order valence-corrected chi connectivity index (χ1v) is 25.4. The number of furan rings is 1. The molecule has 9 aromatic carbocycles. The van der Waals surface area contributed by atoms with Gasteiger partial charge in [-0.25, -0.2) is 0 Å². The molecule has 0 saturated heterocycles. The van der Waals surface area contributed by atoms with E-state index in [0.717, 1.165) is 55.9 Å². The molecule has 0 amide bonds. The fraction of sp³-hybridized carbons (Fsp3) is 0.125. The van der Waals surface area contributed by atoms with Gasteiger partial charge in [0.05, 0.1) is 21.6 Å². The Bertz CT molecular complexity index is 4030. The maximum Gasteiger partial charge on any atom is 0.333 e. The van der Waals surface area contributed by atoms with Gasteiger partial charge in [-0.3, -0.25) is 0 Å². The third-order valence-electron chi connectivity index (χ3n) is 15.1. The third-order valence-corrected chi connectivity index (χ3v) is 16.3. The highest BCUT2D eigenvalue weighted by Gasteiger charge is 2.45. The van der Waals surface area contributed by atoms with Crippen molar-refractivity contribution in [3.8, 4) is 22.3 Å². The maximum absolute atomic E-state index is 6.94. The number of hydrogen-bond donors (Lipinski definition) is 0. The van der Waals surface area contributed by atoms with E-state index in [1.165, 1.54) is 75.7 Å². The van der Waals surface area contributed by atoms with Crippen molar-refractivity contribution in [2.75, 3.05) is 9.80 Å². The van der Waals surface area contributed by atoms with Gasteiger partial charge < -0.3 is 18.7 Å². The molecule has 0 aliphatic carbocycles. The first-order valence-electron chi connectivity index (χ1n) is 24.5. The number of anilines is 6. The van der Waals surface area contributed by atoms with Crippen LogP contribution in [-0.2, 0) is 10.8 Å². The second-order valence-corrected chi connectivity index (χ2v) is 22.4. The van der Waals surface area contributed by atoms with Crippen molar-refractivity contribution in [2.24, 2.45) is 0 Å². The molecule has 0 N–H and O–H groups in total. The Kier molecular flexibility index (Phi) is 8.74. The van der Waals surface area contributed by atoms with Gasteiger partial charge in [-0.1, -0.05) is 157 Å². The van der Waals surface area contributed by atoms with Crippen LogP contribution in [-0.4, -0.2) is 11.3 Å². The second-order valence-electron chi connectivity index (χ2n) is 21.3. The fourth-order valence-electron chi connectivity index (χ4n) is 11.7. The molecule has 6 heteroatoms. The number of rotatable bonds is 5. The first-order chi connectivity index (χ1) is 34.0. The molecule has 2 aliphatic heterocycles. The number of nitrogens with zero attached hydrogens (tertiary/aromatic N) is 3. The smallest absolute Gasteiger partial charge is 0.333 e. The predicted octanol–water partition coefficient (Wildman–Crippen LogP) is 17.1. The zero-order valence-electron chi connectivity index (χ0n) is 40.2. The minimum atomic E-state index is -0.195. The van der Waals surface area contributed by atoms with Crippen molar-refractivity contribution in [3.63, 3.8) is 0 Å². The molecule has 4 nitrogen and oxygen atoms in total. The van der Waals surface area contributed by atoms with E-state index in [9.17, 15) is 0 Å². The maximum atomic E-state index is 6.94. The van der Waals surface area contributed by atoms with Crippen LogP contribution in [0.15, 0.2) is 199 Å². The Hall–Kier alpha value is -7.80. The minimum absolute atomic E-state index is 0.0237. The predicted molar refractivity (Wildman–Crippen MR) is 300 cm³/mol. The summed E-state index contributed by atoms with van der Waals surface area (Å²) in [6.07, 6.45) is 0. The van der Waals surface area contributed by atoms with Crippen molar-refractivity contribution in [1.82, 2.24) is 4.48 Å². The molecular formula is C64H50BN3OS. The number of hydrogen-bond acceptors (Lipinski definition) is 4. The molecule has 0 spiro atoms. The van der Waals surface area contributed by atoms with Gasteiger partial charge in [-0.15, -0.1) is 11.3 Å². The van der Waals surface area contributed by atoms with Crippen LogP contribution in [0.1, 0.15) is 52.7 Å². The lowest BCUT2D eigenvalue weighted by Gasteiger charge is -2.42. The lowest BCUT2D eigenvalue weighted by Crippen LogP contribution is -2.56. The van der Waals surface area contributed by atoms with Gasteiger partial charge in [-0.05, 0) is 123 Å². The third kappa shape index (κ3) is 5.96. The van der Waals surface area contributed by atoms with Gasteiger partial charge in [0.2, 0.25) is 0 Å². The van der Waals surface area contributed by atoms with Gasteiger partial charge in [-0.2, -0.15) is 0 Å². The van der Waals surface area contributed by atoms with E-state index in [1.807, 2.05) is 11.3 Å². The largest absolute Gasteiger partial charge is 0.454 e. The van der Waals surface area contributed by atoms with Crippen LogP contribution in [0.3, 0.4) is 0 Å². The minimum Gasteiger partial charge on any atom is -0.454 e. The summed E-state index contributed by atoms with van der Waals surface area (Å²) in [4.78, 5) is 5.08. The normalized spacial score (nSPS) is 13.2. The van der Waals surface area contributed by atoms with Crippen LogP contribution in [0, 0.1) is 0 Å². The van der Waals surface area contributed by atoms with E-state index in [4.69, 9.17) is 4.42 Å².